The second kappa shape index (κ2) is 7.70. The largest absolute Gasteiger partial charge is 0.350 e. The van der Waals surface area contributed by atoms with Crippen LogP contribution in [0.4, 0.5) is 5.95 Å². The lowest BCUT2D eigenvalue weighted by atomic mass is 9.98. The molecule has 24 heavy (non-hydrogen) atoms. The topological polar surface area (TPSA) is 71.0 Å². The van der Waals surface area contributed by atoms with Crippen LogP contribution in [0.2, 0.25) is 0 Å². The van der Waals surface area contributed by atoms with Gasteiger partial charge in [-0.25, -0.2) is 15.0 Å². The Balaban J connectivity index is 1.53. The SMILES string of the molecule is CC(C)c1nc(C(=O)NC[C@@H]2CCCN(c3ncccn3)C2)cs1. The molecule has 0 aromatic carbocycles. The van der Waals surface area contributed by atoms with Crippen molar-refractivity contribution in [3.05, 3.63) is 34.5 Å². The molecule has 1 aliphatic rings. The van der Waals surface area contributed by atoms with E-state index in [4.69, 9.17) is 0 Å². The van der Waals surface area contributed by atoms with Gasteiger partial charge in [0.05, 0.1) is 5.01 Å². The average Bonchev–Trinajstić information content (AvgIpc) is 3.11. The summed E-state index contributed by atoms with van der Waals surface area (Å²) in [6.07, 6.45) is 5.73. The zero-order valence-electron chi connectivity index (χ0n) is 14.1. The Morgan fingerprint density at radius 1 is 1.42 bits per heavy atom. The van der Waals surface area contributed by atoms with Crippen molar-refractivity contribution in [2.24, 2.45) is 5.92 Å². The Morgan fingerprint density at radius 3 is 2.92 bits per heavy atom. The first kappa shape index (κ1) is 16.8. The van der Waals surface area contributed by atoms with Gasteiger partial charge in [-0.05, 0) is 24.8 Å². The third kappa shape index (κ3) is 4.08. The number of piperidine rings is 1. The van der Waals surface area contributed by atoms with Gasteiger partial charge >= 0.3 is 0 Å². The second-order valence-electron chi connectivity index (χ2n) is 6.44. The molecule has 1 saturated heterocycles. The number of carbonyl (C=O) groups excluding carboxylic acids is 1. The number of thiazole rings is 1. The fourth-order valence-electron chi connectivity index (χ4n) is 2.85. The summed E-state index contributed by atoms with van der Waals surface area (Å²) in [5.41, 5.74) is 0.530. The molecule has 3 heterocycles. The van der Waals surface area contributed by atoms with Crippen LogP contribution in [0.1, 0.15) is 48.1 Å². The van der Waals surface area contributed by atoms with Gasteiger partial charge in [-0.15, -0.1) is 11.3 Å². The zero-order chi connectivity index (χ0) is 16.9. The molecule has 0 spiro atoms. The number of hydrogen-bond donors (Lipinski definition) is 1. The van der Waals surface area contributed by atoms with Crippen LogP contribution in [-0.2, 0) is 0 Å². The molecule has 6 nitrogen and oxygen atoms in total. The summed E-state index contributed by atoms with van der Waals surface area (Å²) in [5, 5.41) is 5.88. The number of amides is 1. The highest BCUT2D eigenvalue weighted by molar-refractivity contribution is 7.09. The lowest BCUT2D eigenvalue weighted by molar-refractivity contribution is 0.0941. The number of hydrogen-bond acceptors (Lipinski definition) is 6. The van der Waals surface area contributed by atoms with Gasteiger partial charge in [0.2, 0.25) is 5.95 Å². The van der Waals surface area contributed by atoms with Crippen LogP contribution in [0, 0.1) is 5.92 Å². The monoisotopic (exact) mass is 345 g/mol. The van der Waals surface area contributed by atoms with Crippen molar-refractivity contribution in [2.75, 3.05) is 24.5 Å². The van der Waals surface area contributed by atoms with Crippen LogP contribution in [-0.4, -0.2) is 40.5 Å². The van der Waals surface area contributed by atoms with E-state index in [-0.39, 0.29) is 5.91 Å². The molecule has 128 valence electrons. The summed E-state index contributed by atoms with van der Waals surface area (Å²) in [6, 6.07) is 1.82. The van der Waals surface area contributed by atoms with E-state index < -0.39 is 0 Å². The normalized spacial score (nSPS) is 18.0. The van der Waals surface area contributed by atoms with Crippen molar-refractivity contribution < 1.29 is 4.79 Å². The van der Waals surface area contributed by atoms with Gasteiger partial charge in [0.15, 0.2) is 0 Å². The van der Waals surface area contributed by atoms with E-state index in [0.29, 0.717) is 24.1 Å². The molecule has 0 radical (unpaired) electrons. The molecule has 0 bridgehead atoms. The molecule has 7 heteroatoms. The third-order valence-corrected chi connectivity index (χ3v) is 5.30. The van der Waals surface area contributed by atoms with Crippen molar-refractivity contribution in [3.63, 3.8) is 0 Å². The Labute approximate surface area is 146 Å². The zero-order valence-corrected chi connectivity index (χ0v) is 14.9. The van der Waals surface area contributed by atoms with E-state index in [9.17, 15) is 4.79 Å². The standard InChI is InChI=1S/C17H23N5OS/c1-12(2)16-21-14(11-24-16)15(23)20-9-13-5-3-8-22(10-13)17-18-6-4-7-19-17/h4,6-7,11-13H,3,5,8-10H2,1-2H3,(H,20,23)/t13-/m0/s1. The minimum atomic E-state index is -0.0776. The van der Waals surface area contributed by atoms with Crippen molar-refractivity contribution in [1.82, 2.24) is 20.3 Å². The van der Waals surface area contributed by atoms with Gasteiger partial charge in [0, 0.05) is 43.3 Å². The first-order valence-electron chi connectivity index (χ1n) is 8.39. The van der Waals surface area contributed by atoms with Crippen molar-refractivity contribution in [2.45, 2.75) is 32.6 Å². The number of nitrogens with one attached hydrogen (secondary N) is 1. The number of carbonyl (C=O) groups is 1. The lowest BCUT2D eigenvalue weighted by Crippen LogP contribution is -2.41. The molecule has 0 unspecified atom stereocenters. The second-order valence-corrected chi connectivity index (χ2v) is 7.33. The summed E-state index contributed by atoms with van der Waals surface area (Å²) in [5.74, 6) is 1.46. The molecule has 0 aliphatic carbocycles. The van der Waals surface area contributed by atoms with Gasteiger partial charge in [-0.2, -0.15) is 0 Å². The van der Waals surface area contributed by atoms with Crippen LogP contribution in [0.25, 0.3) is 0 Å². The molecule has 0 saturated carbocycles. The highest BCUT2D eigenvalue weighted by Gasteiger charge is 2.22. The summed E-state index contributed by atoms with van der Waals surface area (Å²) in [6.45, 7) is 6.68. The van der Waals surface area contributed by atoms with Crippen LogP contribution in [0.3, 0.4) is 0 Å². The van der Waals surface area contributed by atoms with E-state index in [1.165, 1.54) is 0 Å². The van der Waals surface area contributed by atoms with Gasteiger partial charge in [0.25, 0.3) is 5.91 Å². The van der Waals surface area contributed by atoms with Gasteiger partial charge in [0.1, 0.15) is 5.69 Å². The summed E-state index contributed by atoms with van der Waals surface area (Å²) >= 11 is 1.55. The molecule has 1 amide bonds. The maximum absolute atomic E-state index is 12.3. The Hall–Kier alpha value is -2.02. The van der Waals surface area contributed by atoms with E-state index in [1.54, 1.807) is 23.7 Å². The van der Waals surface area contributed by atoms with Crippen molar-refractivity contribution in [1.29, 1.82) is 0 Å². The molecule has 1 N–H and O–H groups in total. The van der Waals surface area contributed by atoms with Gasteiger partial charge < -0.3 is 10.2 Å². The summed E-state index contributed by atoms with van der Waals surface area (Å²) < 4.78 is 0. The van der Waals surface area contributed by atoms with E-state index >= 15 is 0 Å². The summed E-state index contributed by atoms with van der Waals surface area (Å²) in [4.78, 5) is 27.5. The van der Waals surface area contributed by atoms with Gasteiger partial charge in [-0.3, -0.25) is 4.79 Å². The fraction of sp³-hybridized carbons (Fsp3) is 0.529. The summed E-state index contributed by atoms with van der Waals surface area (Å²) in [7, 11) is 0. The molecular weight excluding hydrogens is 322 g/mol. The predicted molar refractivity (Wildman–Crippen MR) is 95.5 cm³/mol. The highest BCUT2D eigenvalue weighted by atomic mass is 32.1. The number of nitrogens with zero attached hydrogens (tertiary/aromatic N) is 4. The van der Waals surface area contributed by atoms with E-state index in [2.05, 4.69) is 39.0 Å². The first-order chi connectivity index (χ1) is 11.6. The molecule has 1 fully saturated rings. The van der Waals surface area contributed by atoms with E-state index in [1.807, 2.05) is 11.4 Å². The maximum atomic E-state index is 12.3. The van der Waals surface area contributed by atoms with Crippen molar-refractivity contribution >= 4 is 23.2 Å². The molecule has 3 rings (SSSR count). The highest BCUT2D eigenvalue weighted by Crippen LogP contribution is 2.21. The van der Waals surface area contributed by atoms with Crippen LogP contribution < -0.4 is 10.2 Å². The van der Waals surface area contributed by atoms with E-state index in [0.717, 1.165) is 36.9 Å². The molecule has 2 aromatic heterocycles. The third-order valence-electron chi connectivity index (χ3n) is 4.15. The minimum absolute atomic E-state index is 0.0776. The average molecular weight is 345 g/mol. The predicted octanol–water partition coefficient (Wildman–Crippen LogP) is 2.70. The number of anilines is 1. The molecular formula is C17H23N5OS. The van der Waals surface area contributed by atoms with Crippen LogP contribution in [0.5, 0.6) is 0 Å². The van der Waals surface area contributed by atoms with Gasteiger partial charge in [-0.1, -0.05) is 13.8 Å². The van der Waals surface area contributed by atoms with Crippen LogP contribution in [0.15, 0.2) is 23.8 Å². The molecule has 1 atom stereocenters. The maximum Gasteiger partial charge on any atom is 0.270 e. The molecule has 2 aromatic rings. The Bertz CT molecular complexity index is 673. The lowest BCUT2D eigenvalue weighted by Gasteiger charge is -2.32. The first-order valence-corrected chi connectivity index (χ1v) is 9.27. The fourth-order valence-corrected chi connectivity index (χ4v) is 3.67. The quantitative estimate of drug-likeness (QED) is 0.902. The smallest absolute Gasteiger partial charge is 0.270 e. The number of aromatic nitrogens is 3. The minimum Gasteiger partial charge on any atom is -0.350 e. The Morgan fingerprint density at radius 2 is 2.21 bits per heavy atom. The molecule has 1 aliphatic heterocycles. The van der Waals surface area contributed by atoms with Crippen molar-refractivity contribution in [3.8, 4) is 0 Å². The Kier molecular flexibility index (Phi) is 5.40. The van der Waals surface area contributed by atoms with Crippen LogP contribution >= 0.6 is 11.3 Å². The number of rotatable bonds is 5.